The van der Waals surface area contributed by atoms with Crippen LogP contribution in [-0.4, -0.2) is 23.5 Å². The maximum atomic E-state index is 13.6. The number of aromatic nitrogens is 1. The first-order chi connectivity index (χ1) is 10.2. The lowest BCUT2D eigenvalue weighted by molar-refractivity contribution is 0.318. The molecule has 0 amide bonds. The van der Waals surface area contributed by atoms with E-state index in [1.165, 1.54) is 17.7 Å². The highest BCUT2D eigenvalue weighted by atomic mass is 19.1. The minimum absolute atomic E-state index is 0.272. The molecule has 0 spiro atoms. The smallest absolute Gasteiger partial charge is 0.124 e. The third kappa shape index (κ3) is 4.99. The molecule has 0 bridgehead atoms. The van der Waals surface area contributed by atoms with E-state index in [0.29, 0.717) is 12.1 Å². The van der Waals surface area contributed by atoms with Crippen LogP contribution in [0.3, 0.4) is 0 Å². The first-order valence-electron chi connectivity index (χ1n) is 6.73. The molecule has 0 unspecified atom stereocenters. The minimum atomic E-state index is -0.272. The Hall–Kier alpha value is -2.22. The standard InChI is InChI=1S/C17H18FN3/c1-21(12-14-4-7-20-8-5-14)13-16-9-15(3-2-6-19)10-17(18)11-16/h4-5,7-11H,6,12-13,19H2,1H3. The molecule has 108 valence electrons. The largest absolute Gasteiger partial charge is 0.320 e. The van der Waals surface area contributed by atoms with Gasteiger partial charge in [-0.15, -0.1) is 0 Å². The van der Waals surface area contributed by atoms with Crippen LogP contribution in [0.1, 0.15) is 16.7 Å². The van der Waals surface area contributed by atoms with Crippen molar-refractivity contribution < 1.29 is 4.39 Å². The molecule has 2 rings (SSSR count). The number of hydrogen-bond donors (Lipinski definition) is 1. The number of pyridine rings is 1. The van der Waals surface area contributed by atoms with Gasteiger partial charge in [0.25, 0.3) is 0 Å². The van der Waals surface area contributed by atoms with Crippen molar-refractivity contribution in [2.24, 2.45) is 5.73 Å². The van der Waals surface area contributed by atoms with E-state index in [4.69, 9.17) is 5.73 Å². The predicted molar refractivity (Wildman–Crippen MR) is 81.7 cm³/mol. The fourth-order valence-corrected chi connectivity index (χ4v) is 2.13. The maximum Gasteiger partial charge on any atom is 0.124 e. The van der Waals surface area contributed by atoms with Gasteiger partial charge in [0, 0.05) is 31.0 Å². The predicted octanol–water partition coefficient (Wildman–Crippen LogP) is 2.16. The van der Waals surface area contributed by atoms with Crippen LogP contribution in [0.15, 0.2) is 42.7 Å². The Bertz CT molecular complexity index is 644. The second-order valence-corrected chi connectivity index (χ2v) is 4.88. The zero-order chi connectivity index (χ0) is 15.1. The van der Waals surface area contributed by atoms with E-state index in [2.05, 4.69) is 21.7 Å². The third-order valence-electron chi connectivity index (χ3n) is 2.95. The molecule has 0 fully saturated rings. The zero-order valence-electron chi connectivity index (χ0n) is 12.0. The van der Waals surface area contributed by atoms with Crippen LogP contribution in [-0.2, 0) is 13.1 Å². The van der Waals surface area contributed by atoms with Crippen LogP contribution in [0.25, 0.3) is 0 Å². The molecule has 0 saturated heterocycles. The van der Waals surface area contributed by atoms with Gasteiger partial charge >= 0.3 is 0 Å². The summed E-state index contributed by atoms with van der Waals surface area (Å²) in [6, 6.07) is 8.81. The van der Waals surface area contributed by atoms with Crippen molar-refractivity contribution in [3.8, 4) is 11.8 Å². The number of benzene rings is 1. The van der Waals surface area contributed by atoms with Gasteiger partial charge in [-0.05, 0) is 48.5 Å². The van der Waals surface area contributed by atoms with Crippen molar-refractivity contribution in [1.82, 2.24) is 9.88 Å². The normalized spacial score (nSPS) is 10.3. The fourth-order valence-electron chi connectivity index (χ4n) is 2.13. The van der Waals surface area contributed by atoms with Gasteiger partial charge in [-0.3, -0.25) is 9.88 Å². The van der Waals surface area contributed by atoms with Crippen molar-refractivity contribution in [1.29, 1.82) is 0 Å². The summed E-state index contributed by atoms with van der Waals surface area (Å²) in [7, 11) is 2.00. The van der Waals surface area contributed by atoms with Crippen LogP contribution >= 0.6 is 0 Å². The molecule has 0 aliphatic rings. The monoisotopic (exact) mass is 283 g/mol. The van der Waals surface area contributed by atoms with Crippen LogP contribution in [0, 0.1) is 17.7 Å². The molecule has 1 aromatic heterocycles. The zero-order valence-corrected chi connectivity index (χ0v) is 12.0. The van der Waals surface area contributed by atoms with Gasteiger partial charge in [-0.2, -0.15) is 0 Å². The number of nitrogens with two attached hydrogens (primary N) is 1. The minimum Gasteiger partial charge on any atom is -0.320 e. The lowest BCUT2D eigenvalue weighted by Crippen LogP contribution is -2.17. The van der Waals surface area contributed by atoms with Crippen molar-refractivity contribution in [3.63, 3.8) is 0 Å². The van der Waals surface area contributed by atoms with Crippen molar-refractivity contribution >= 4 is 0 Å². The summed E-state index contributed by atoms with van der Waals surface area (Å²) in [5.41, 5.74) is 8.07. The van der Waals surface area contributed by atoms with Gasteiger partial charge in [-0.25, -0.2) is 4.39 Å². The Kier molecular flexibility index (Phi) is 5.44. The average molecular weight is 283 g/mol. The van der Waals surface area contributed by atoms with Gasteiger partial charge in [0.05, 0.1) is 6.54 Å². The van der Waals surface area contributed by atoms with Gasteiger partial charge < -0.3 is 5.73 Å². The summed E-state index contributed by atoms with van der Waals surface area (Å²) in [6.07, 6.45) is 3.54. The van der Waals surface area contributed by atoms with E-state index in [1.807, 2.05) is 25.2 Å². The number of nitrogens with zero attached hydrogens (tertiary/aromatic N) is 2. The van der Waals surface area contributed by atoms with Crippen molar-refractivity contribution in [2.45, 2.75) is 13.1 Å². The highest BCUT2D eigenvalue weighted by Crippen LogP contribution is 2.12. The SMILES string of the molecule is CN(Cc1ccncc1)Cc1cc(F)cc(C#CCN)c1. The first kappa shape index (κ1) is 15.2. The second-order valence-electron chi connectivity index (χ2n) is 4.88. The molecule has 0 atom stereocenters. The van der Waals surface area contributed by atoms with E-state index < -0.39 is 0 Å². The molecule has 1 aromatic carbocycles. The summed E-state index contributed by atoms with van der Waals surface area (Å²) in [6.45, 7) is 1.70. The fraction of sp³-hybridized carbons (Fsp3) is 0.235. The lowest BCUT2D eigenvalue weighted by atomic mass is 10.1. The molecule has 2 N–H and O–H groups in total. The summed E-state index contributed by atoms with van der Waals surface area (Å²) in [4.78, 5) is 6.11. The van der Waals surface area contributed by atoms with Crippen LogP contribution in [0.5, 0.6) is 0 Å². The maximum absolute atomic E-state index is 13.6. The third-order valence-corrected chi connectivity index (χ3v) is 2.95. The molecular formula is C17H18FN3. The molecule has 3 nitrogen and oxygen atoms in total. The van der Waals surface area contributed by atoms with E-state index >= 15 is 0 Å². The molecule has 0 aliphatic heterocycles. The summed E-state index contributed by atoms with van der Waals surface area (Å²) < 4.78 is 13.6. The Balaban J connectivity index is 2.06. The van der Waals surface area contributed by atoms with Crippen LogP contribution in [0.4, 0.5) is 4.39 Å². The second kappa shape index (κ2) is 7.53. The number of rotatable bonds is 4. The average Bonchev–Trinajstić information content (AvgIpc) is 2.45. The number of hydrogen-bond acceptors (Lipinski definition) is 3. The summed E-state index contributed by atoms with van der Waals surface area (Å²) in [5, 5.41) is 0. The molecule has 2 aromatic rings. The van der Waals surface area contributed by atoms with Crippen molar-refractivity contribution in [2.75, 3.05) is 13.6 Å². The van der Waals surface area contributed by atoms with E-state index in [9.17, 15) is 4.39 Å². The molecule has 0 radical (unpaired) electrons. The molecule has 4 heteroatoms. The molecule has 21 heavy (non-hydrogen) atoms. The van der Waals surface area contributed by atoms with Crippen LogP contribution in [0.2, 0.25) is 0 Å². The molecule has 0 aliphatic carbocycles. The van der Waals surface area contributed by atoms with E-state index in [0.717, 1.165) is 12.1 Å². The molecule has 1 heterocycles. The first-order valence-corrected chi connectivity index (χ1v) is 6.73. The Labute approximate surface area is 124 Å². The summed E-state index contributed by atoms with van der Waals surface area (Å²) >= 11 is 0. The van der Waals surface area contributed by atoms with E-state index in [-0.39, 0.29) is 12.4 Å². The van der Waals surface area contributed by atoms with Gasteiger partial charge in [0.2, 0.25) is 0 Å². The number of halogens is 1. The van der Waals surface area contributed by atoms with Gasteiger partial charge in [0.15, 0.2) is 0 Å². The highest BCUT2D eigenvalue weighted by Gasteiger charge is 2.04. The lowest BCUT2D eigenvalue weighted by Gasteiger charge is -2.17. The quantitative estimate of drug-likeness (QED) is 0.874. The van der Waals surface area contributed by atoms with E-state index in [1.54, 1.807) is 12.4 Å². The van der Waals surface area contributed by atoms with Gasteiger partial charge in [0.1, 0.15) is 5.82 Å². The molecule has 0 saturated carbocycles. The topological polar surface area (TPSA) is 42.2 Å². The molecular weight excluding hydrogens is 265 g/mol. The Morgan fingerprint density at radius 3 is 2.57 bits per heavy atom. The van der Waals surface area contributed by atoms with Gasteiger partial charge in [-0.1, -0.05) is 11.8 Å². The van der Waals surface area contributed by atoms with Crippen LogP contribution < -0.4 is 5.73 Å². The summed E-state index contributed by atoms with van der Waals surface area (Å²) in [5.74, 6) is 5.34. The Morgan fingerprint density at radius 2 is 1.86 bits per heavy atom. The van der Waals surface area contributed by atoms with Crippen molar-refractivity contribution in [3.05, 3.63) is 65.2 Å². The highest BCUT2D eigenvalue weighted by molar-refractivity contribution is 5.38. The Morgan fingerprint density at radius 1 is 1.14 bits per heavy atom.